The van der Waals surface area contributed by atoms with Crippen LogP contribution in [0.1, 0.15) is 17.5 Å². The Balaban J connectivity index is 1.94. The van der Waals surface area contributed by atoms with Gasteiger partial charge in [-0.2, -0.15) is 0 Å². The number of amides is 1. The lowest BCUT2D eigenvalue weighted by Gasteiger charge is -2.17. The Labute approximate surface area is 136 Å². The lowest BCUT2D eigenvalue weighted by atomic mass is 10.1. The molecule has 2 rings (SSSR count). The number of ketones is 1. The molecule has 4 heteroatoms. The third-order valence-electron chi connectivity index (χ3n) is 3.61. The highest BCUT2D eigenvalue weighted by molar-refractivity contribution is 6.05. The predicted octanol–water partition coefficient (Wildman–Crippen LogP) is 3.71. The second-order valence-corrected chi connectivity index (χ2v) is 5.46. The van der Waals surface area contributed by atoms with Gasteiger partial charge in [0.2, 0.25) is 5.91 Å². The molecular formula is C19H18N2O2. The molecule has 116 valence electrons. The van der Waals surface area contributed by atoms with Crippen molar-refractivity contribution in [1.82, 2.24) is 0 Å². The molecule has 0 saturated heterocycles. The number of nitrogens with zero attached hydrogens (tertiary/aromatic N) is 2. The van der Waals surface area contributed by atoms with E-state index in [1.807, 2.05) is 31.2 Å². The summed E-state index contributed by atoms with van der Waals surface area (Å²) >= 11 is 0. The third-order valence-corrected chi connectivity index (χ3v) is 3.61. The molecule has 0 atom stereocenters. The van der Waals surface area contributed by atoms with Gasteiger partial charge in [0.1, 0.15) is 5.78 Å². The Morgan fingerprint density at radius 1 is 1.04 bits per heavy atom. The maximum Gasteiger partial charge on any atom is 0.234 e. The summed E-state index contributed by atoms with van der Waals surface area (Å²) in [5.74, 6) is -0.360. The fourth-order valence-corrected chi connectivity index (χ4v) is 2.18. The van der Waals surface area contributed by atoms with Crippen LogP contribution in [0.15, 0.2) is 48.5 Å². The SMILES string of the molecule is [C-]#[N+]c1ccc(CC(=O)CC(=O)N(C)c2ccc(C)cc2)cc1. The van der Waals surface area contributed by atoms with Crippen molar-refractivity contribution >= 4 is 23.1 Å². The van der Waals surface area contributed by atoms with Crippen LogP contribution in [0.2, 0.25) is 0 Å². The van der Waals surface area contributed by atoms with Crippen LogP contribution >= 0.6 is 0 Å². The predicted molar refractivity (Wildman–Crippen MR) is 90.6 cm³/mol. The van der Waals surface area contributed by atoms with E-state index >= 15 is 0 Å². The van der Waals surface area contributed by atoms with E-state index in [-0.39, 0.29) is 24.5 Å². The number of hydrogen-bond acceptors (Lipinski definition) is 2. The number of carbonyl (C=O) groups excluding carboxylic acids is 2. The first-order chi connectivity index (χ1) is 11.0. The molecule has 0 aliphatic carbocycles. The van der Waals surface area contributed by atoms with Crippen molar-refractivity contribution in [2.45, 2.75) is 19.8 Å². The number of rotatable bonds is 5. The van der Waals surface area contributed by atoms with Crippen LogP contribution in [0.4, 0.5) is 11.4 Å². The molecule has 2 aromatic carbocycles. The lowest BCUT2D eigenvalue weighted by molar-refractivity contribution is -0.126. The van der Waals surface area contributed by atoms with Gasteiger partial charge in [-0.15, -0.1) is 0 Å². The zero-order valence-corrected chi connectivity index (χ0v) is 13.2. The highest BCUT2D eigenvalue weighted by Crippen LogP contribution is 2.16. The summed E-state index contributed by atoms with van der Waals surface area (Å²) < 4.78 is 0. The second kappa shape index (κ2) is 7.37. The van der Waals surface area contributed by atoms with E-state index in [4.69, 9.17) is 6.57 Å². The van der Waals surface area contributed by atoms with Crippen molar-refractivity contribution in [3.63, 3.8) is 0 Å². The van der Waals surface area contributed by atoms with E-state index in [1.54, 1.807) is 31.3 Å². The van der Waals surface area contributed by atoms with Crippen LogP contribution < -0.4 is 4.90 Å². The van der Waals surface area contributed by atoms with Crippen LogP contribution in [-0.2, 0) is 16.0 Å². The normalized spacial score (nSPS) is 9.96. The van der Waals surface area contributed by atoms with Gasteiger partial charge in [0.25, 0.3) is 0 Å². The summed E-state index contributed by atoms with van der Waals surface area (Å²) in [4.78, 5) is 29.1. The van der Waals surface area contributed by atoms with Crippen LogP contribution in [-0.4, -0.2) is 18.7 Å². The van der Waals surface area contributed by atoms with Gasteiger partial charge in [-0.05, 0) is 24.6 Å². The van der Waals surface area contributed by atoms with Gasteiger partial charge in [-0.3, -0.25) is 9.59 Å². The summed E-state index contributed by atoms with van der Waals surface area (Å²) in [5, 5.41) is 0. The zero-order chi connectivity index (χ0) is 16.8. The molecular weight excluding hydrogens is 288 g/mol. The van der Waals surface area contributed by atoms with Gasteiger partial charge in [0, 0.05) is 19.2 Å². The van der Waals surface area contributed by atoms with Crippen LogP contribution in [0.5, 0.6) is 0 Å². The molecule has 0 bridgehead atoms. The standard InChI is InChI=1S/C19H18N2O2/c1-14-4-10-17(11-5-14)21(3)19(23)13-18(22)12-15-6-8-16(20-2)9-7-15/h4-11H,12-13H2,1,3H3. The van der Waals surface area contributed by atoms with Crippen molar-refractivity contribution in [2.24, 2.45) is 0 Å². The minimum Gasteiger partial charge on any atom is -0.315 e. The number of hydrogen-bond donors (Lipinski definition) is 0. The largest absolute Gasteiger partial charge is 0.315 e. The number of Topliss-reactive ketones (excluding diaryl/α,β-unsaturated/α-hetero) is 1. The molecule has 0 heterocycles. The first-order valence-electron chi connectivity index (χ1n) is 7.31. The van der Waals surface area contributed by atoms with Crippen molar-refractivity contribution in [3.05, 3.63) is 71.1 Å². The van der Waals surface area contributed by atoms with Crippen molar-refractivity contribution in [3.8, 4) is 0 Å². The van der Waals surface area contributed by atoms with Crippen molar-refractivity contribution < 1.29 is 9.59 Å². The molecule has 0 aliphatic rings. The van der Waals surface area contributed by atoms with E-state index in [2.05, 4.69) is 4.85 Å². The Hall–Kier alpha value is -2.93. The molecule has 0 radical (unpaired) electrons. The molecule has 0 N–H and O–H groups in total. The number of aryl methyl sites for hydroxylation is 1. The minimum absolute atomic E-state index is 0.130. The molecule has 0 spiro atoms. The summed E-state index contributed by atoms with van der Waals surface area (Å²) in [6.07, 6.45) is 0.0701. The van der Waals surface area contributed by atoms with E-state index < -0.39 is 0 Å². The summed E-state index contributed by atoms with van der Waals surface area (Å²) in [5.41, 5.74) is 3.24. The molecule has 0 aliphatic heterocycles. The molecule has 0 saturated carbocycles. The highest BCUT2D eigenvalue weighted by Gasteiger charge is 2.15. The lowest BCUT2D eigenvalue weighted by Crippen LogP contribution is -2.28. The molecule has 0 fully saturated rings. The summed E-state index contributed by atoms with van der Waals surface area (Å²) in [7, 11) is 1.67. The third kappa shape index (κ3) is 4.52. The second-order valence-electron chi connectivity index (χ2n) is 5.46. The smallest absolute Gasteiger partial charge is 0.234 e. The zero-order valence-electron chi connectivity index (χ0n) is 13.2. The maximum absolute atomic E-state index is 12.2. The Kier molecular flexibility index (Phi) is 5.27. The maximum atomic E-state index is 12.2. The van der Waals surface area contributed by atoms with E-state index in [1.165, 1.54) is 4.90 Å². The van der Waals surface area contributed by atoms with Crippen molar-refractivity contribution in [1.29, 1.82) is 0 Å². The topological polar surface area (TPSA) is 41.7 Å². The molecule has 4 nitrogen and oxygen atoms in total. The molecule has 2 aromatic rings. The number of benzene rings is 2. The van der Waals surface area contributed by atoms with Gasteiger partial charge >= 0.3 is 0 Å². The molecule has 0 unspecified atom stereocenters. The summed E-state index contributed by atoms with van der Waals surface area (Å²) in [6.45, 7) is 8.88. The number of anilines is 1. The quantitative estimate of drug-likeness (QED) is 0.624. The van der Waals surface area contributed by atoms with Crippen LogP contribution in [0, 0.1) is 13.5 Å². The highest BCUT2D eigenvalue weighted by atomic mass is 16.2. The van der Waals surface area contributed by atoms with Crippen molar-refractivity contribution in [2.75, 3.05) is 11.9 Å². The molecule has 23 heavy (non-hydrogen) atoms. The van der Waals surface area contributed by atoms with Gasteiger partial charge in [-0.25, -0.2) is 4.85 Å². The van der Waals surface area contributed by atoms with E-state index in [0.29, 0.717) is 5.69 Å². The van der Waals surface area contributed by atoms with E-state index in [0.717, 1.165) is 16.8 Å². The monoisotopic (exact) mass is 306 g/mol. The minimum atomic E-state index is -0.225. The first-order valence-corrected chi connectivity index (χ1v) is 7.31. The number of carbonyl (C=O) groups is 2. The summed E-state index contributed by atoms with van der Waals surface area (Å²) in [6, 6.07) is 14.4. The van der Waals surface area contributed by atoms with Gasteiger partial charge < -0.3 is 4.90 Å². The Bertz CT molecular complexity index is 740. The van der Waals surface area contributed by atoms with Gasteiger partial charge in [0.05, 0.1) is 13.0 Å². The Morgan fingerprint density at radius 3 is 2.22 bits per heavy atom. The van der Waals surface area contributed by atoms with Gasteiger partial charge in [-0.1, -0.05) is 42.0 Å². The van der Waals surface area contributed by atoms with Gasteiger partial charge in [0.15, 0.2) is 5.69 Å². The average molecular weight is 306 g/mol. The average Bonchev–Trinajstić information content (AvgIpc) is 2.55. The first kappa shape index (κ1) is 16.4. The Morgan fingerprint density at radius 2 is 1.65 bits per heavy atom. The van der Waals surface area contributed by atoms with E-state index in [9.17, 15) is 9.59 Å². The molecule has 0 aromatic heterocycles. The molecule has 1 amide bonds. The van der Waals surface area contributed by atoms with Crippen LogP contribution in [0.3, 0.4) is 0 Å². The fourth-order valence-electron chi connectivity index (χ4n) is 2.18. The fraction of sp³-hybridized carbons (Fsp3) is 0.211. The van der Waals surface area contributed by atoms with Crippen LogP contribution in [0.25, 0.3) is 4.85 Å².